The number of aryl methyl sites for hydroxylation is 1. The highest BCUT2D eigenvalue weighted by Gasteiger charge is 2.40. The number of benzene rings is 1. The number of nitrogens with two attached hydrogens (primary N) is 1. The number of likely N-dealkylation sites (tertiary alicyclic amines) is 1. The van der Waals surface area contributed by atoms with Crippen LogP contribution in [-0.2, 0) is 0 Å². The summed E-state index contributed by atoms with van der Waals surface area (Å²) >= 11 is 0. The molecule has 3 nitrogen and oxygen atoms in total. The topological polar surface area (TPSA) is 38.5 Å². The number of piperidine rings is 1. The van der Waals surface area contributed by atoms with Gasteiger partial charge in [0.05, 0.1) is 7.11 Å². The lowest BCUT2D eigenvalue weighted by atomic mass is 10.00. The maximum absolute atomic E-state index is 6.06. The Morgan fingerprint density at radius 1 is 1.42 bits per heavy atom. The van der Waals surface area contributed by atoms with Gasteiger partial charge in [-0.05, 0) is 49.3 Å². The van der Waals surface area contributed by atoms with Crippen molar-refractivity contribution in [3.05, 3.63) is 29.3 Å². The third kappa shape index (κ3) is 2.26. The van der Waals surface area contributed by atoms with Crippen LogP contribution < -0.4 is 10.5 Å². The lowest BCUT2D eigenvalue weighted by molar-refractivity contribution is 0.153. The number of hydrogen-bond acceptors (Lipinski definition) is 3. The van der Waals surface area contributed by atoms with Gasteiger partial charge in [0.2, 0.25) is 0 Å². The van der Waals surface area contributed by atoms with Crippen molar-refractivity contribution in [2.45, 2.75) is 38.3 Å². The Kier molecular flexibility index (Phi) is 3.50. The Labute approximate surface area is 115 Å². The maximum Gasteiger partial charge on any atom is 0.121 e. The molecule has 0 spiro atoms. The van der Waals surface area contributed by atoms with E-state index in [9.17, 15) is 0 Å². The Hall–Kier alpha value is -1.06. The summed E-state index contributed by atoms with van der Waals surface area (Å²) in [6.45, 7) is 4.04. The highest BCUT2D eigenvalue weighted by molar-refractivity contribution is 5.37. The molecule has 3 rings (SSSR count). The third-order valence-electron chi connectivity index (χ3n) is 4.88. The average Bonchev–Trinajstić information content (AvgIpc) is 3.02. The second kappa shape index (κ2) is 5.14. The zero-order valence-electron chi connectivity index (χ0n) is 11.9. The molecule has 19 heavy (non-hydrogen) atoms. The van der Waals surface area contributed by atoms with Crippen LogP contribution in [0.25, 0.3) is 0 Å². The Morgan fingerprint density at radius 3 is 2.79 bits per heavy atom. The van der Waals surface area contributed by atoms with Gasteiger partial charge in [-0.25, -0.2) is 0 Å². The smallest absolute Gasteiger partial charge is 0.121 e. The fourth-order valence-corrected chi connectivity index (χ4v) is 3.92. The van der Waals surface area contributed by atoms with Gasteiger partial charge in [-0.15, -0.1) is 0 Å². The first-order chi connectivity index (χ1) is 9.22. The molecule has 0 amide bonds. The van der Waals surface area contributed by atoms with Crippen molar-refractivity contribution < 1.29 is 4.74 Å². The maximum atomic E-state index is 6.06. The van der Waals surface area contributed by atoms with Gasteiger partial charge >= 0.3 is 0 Å². The molecule has 1 aliphatic carbocycles. The number of nitrogens with zero attached hydrogens (tertiary/aromatic N) is 1. The molecule has 104 valence electrons. The molecule has 2 N–H and O–H groups in total. The van der Waals surface area contributed by atoms with Crippen molar-refractivity contribution in [2.75, 3.05) is 20.2 Å². The molecular weight excluding hydrogens is 236 g/mol. The van der Waals surface area contributed by atoms with Gasteiger partial charge in [-0.3, -0.25) is 4.90 Å². The van der Waals surface area contributed by atoms with E-state index in [0.29, 0.717) is 12.6 Å². The molecule has 1 aliphatic heterocycles. The minimum absolute atomic E-state index is 0.375. The number of fused-ring (bicyclic) bond motifs is 2. The molecule has 2 aliphatic rings. The van der Waals surface area contributed by atoms with Gasteiger partial charge in [-0.2, -0.15) is 0 Å². The van der Waals surface area contributed by atoms with Gasteiger partial charge in [-0.1, -0.05) is 12.1 Å². The predicted molar refractivity (Wildman–Crippen MR) is 77.4 cm³/mol. The van der Waals surface area contributed by atoms with Crippen LogP contribution in [0.5, 0.6) is 5.75 Å². The summed E-state index contributed by atoms with van der Waals surface area (Å²) in [5.41, 5.74) is 8.60. The van der Waals surface area contributed by atoms with Crippen molar-refractivity contribution in [1.82, 2.24) is 4.90 Å². The molecular formula is C16H24N2O. The van der Waals surface area contributed by atoms with Crippen LogP contribution in [0, 0.1) is 12.8 Å². The fourth-order valence-electron chi connectivity index (χ4n) is 3.92. The molecule has 2 fully saturated rings. The first-order valence-corrected chi connectivity index (χ1v) is 7.33. The second-order valence-corrected chi connectivity index (χ2v) is 6.01. The van der Waals surface area contributed by atoms with Crippen LogP contribution in [0.2, 0.25) is 0 Å². The molecule has 1 aromatic carbocycles. The molecule has 2 bridgehead atoms. The second-order valence-electron chi connectivity index (χ2n) is 6.01. The minimum atomic E-state index is 0.375. The van der Waals surface area contributed by atoms with Crippen LogP contribution in [0.15, 0.2) is 18.2 Å². The standard InChI is InChI=1S/C16H24N2O/c1-11-7-13(4-6-16(11)19-2)15(9-17)18-10-12-3-5-14(18)8-12/h4,6-7,12,14-15H,3,5,8-10,17H2,1-2H3. The van der Waals surface area contributed by atoms with E-state index in [0.717, 1.165) is 17.7 Å². The van der Waals surface area contributed by atoms with Gasteiger partial charge in [0.15, 0.2) is 0 Å². The molecule has 0 radical (unpaired) electrons. The predicted octanol–water partition coefficient (Wildman–Crippen LogP) is 2.49. The van der Waals surface area contributed by atoms with Crippen molar-refractivity contribution >= 4 is 0 Å². The molecule has 1 saturated carbocycles. The normalized spacial score (nSPS) is 27.7. The molecule has 0 aromatic heterocycles. The summed E-state index contributed by atoms with van der Waals surface area (Å²) in [4.78, 5) is 2.63. The Bertz CT molecular complexity index is 460. The largest absolute Gasteiger partial charge is 0.496 e. The van der Waals surface area contributed by atoms with Crippen LogP contribution in [0.3, 0.4) is 0 Å². The molecule has 3 heteroatoms. The van der Waals surface area contributed by atoms with E-state index in [-0.39, 0.29) is 0 Å². The molecule has 1 heterocycles. The first-order valence-electron chi connectivity index (χ1n) is 7.33. The van der Waals surface area contributed by atoms with Gasteiger partial charge in [0.1, 0.15) is 5.75 Å². The summed E-state index contributed by atoms with van der Waals surface area (Å²) in [7, 11) is 1.72. The number of hydrogen-bond donors (Lipinski definition) is 1. The van der Waals surface area contributed by atoms with Crippen molar-refractivity contribution in [1.29, 1.82) is 0 Å². The number of ether oxygens (including phenoxy) is 1. The monoisotopic (exact) mass is 260 g/mol. The number of rotatable bonds is 4. The van der Waals surface area contributed by atoms with Crippen LogP contribution in [-0.4, -0.2) is 31.1 Å². The SMILES string of the molecule is COc1ccc(C(CN)N2CC3CCC2C3)cc1C. The summed E-state index contributed by atoms with van der Waals surface area (Å²) in [5.74, 6) is 1.88. The molecule has 1 saturated heterocycles. The van der Waals surface area contributed by atoms with Gasteiger partial charge in [0, 0.05) is 25.2 Å². The van der Waals surface area contributed by atoms with Crippen LogP contribution in [0.1, 0.15) is 36.4 Å². The first kappa shape index (κ1) is 12.9. The van der Waals surface area contributed by atoms with E-state index >= 15 is 0 Å². The Balaban J connectivity index is 1.84. The van der Waals surface area contributed by atoms with E-state index in [1.54, 1.807) is 7.11 Å². The summed E-state index contributed by atoms with van der Waals surface area (Å²) in [6, 6.07) is 7.63. The van der Waals surface area contributed by atoms with Crippen molar-refractivity contribution in [2.24, 2.45) is 11.7 Å². The summed E-state index contributed by atoms with van der Waals surface area (Å²) in [5, 5.41) is 0. The highest BCUT2D eigenvalue weighted by atomic mass is 16.5. The zero-order chi connectivity index (χ0) is 13.4. The van der Waals surface area contributed by atoms with Crippen LogP contribution in [0.4, 0.5) is 0 Å². The lowest BCUT2D eigenvalue weighted by Gasteiger charge is -2.34. The number of methoxy groups -OCH3 is 1. The zero-order valence-corrected chi connectivity index (χ0v) is 11.9. The molecule has 3 unspecified atom stereocenters. The lowest BCUT2D eigenvalue weighted by Crippen LogP contribution is -2.39. The van der Waals surface area contributed by atoms with Crippen molar-refractivity contribution in [3.8, 4) is 5.75 Å². The van der Waals surface area contributed by atoms with E-state index < -0.39 is 0 Å². The van der Waals surface area contributed by atoms with Gasteiger partial charge in [0.25, 0.3) is 0 Å². The highest BCUT2D eigenvalue weighted by Crippen LogP contribution is 2.42. The Morgan fingerprint density at radius 2 is 2.26 bits per heavy atom. The minimum Gasteiger partial charge on any atom is -0.496 e. The third-order valence-corrected chi connectivity index (χ3v) is 4.88. The molecule has 1 aromatic rings. The average molecular weight is 260 g/mol. The van der Waals surface area contributed by atoms with Crippen molar-refractivity contribution in [3.63, 3.8) is 0 Å². The van der Waals surface area contributed by atoms with Gasteiger partial charge < -0.3 is 10.5 Å². The summed E-state index contributed by atoms with van der Waals surface area (Å²) in [6.07, 6.45) is 4.15. The van der Waals surface area contributed by atoms with E-state index in [2.05, 4.69) is 30.0 Å². The quantitative estimate of drug-likeness (QED) is 0.904. The summed E-state index contributed by atoms with van der Waals surface area (Å²) < 4.78 is 5.34. The molecule has 3 atom stereocenters. The van der Waals surface area contributed by atoms with E-state index in [1.165, 1.54) is 36.9 Å². The van der Waals surface area contributed by atoms with E-state index in [4.69, 9.17) is 10.5 Å². The van der Waals surface area contributed by atoms with Crippen LogP contribution >= 0.6 is 0 Å². The van der Waals surface area contributed by atoms with E-state index in [1.807, 2.05) is 0 Å². The fraction of sp³-hybridized carbons (Fsp3) is 0.625.